The smallest absolute Gasteiger partial charge is 0.323 e. The van der Waals surface area contributed by atoms with Crippen LogP contribution in [0.25, 0.3) is 0 Å². The van der Waals surface area contributed by atoms with Gasteiger partial charge in [0.2, 0.25) is 0 Å². The first-order valence-electron chi connectivity index (χ1n) is 5.90. The zero-order chi connectivity index (χ0) is 12.2. The lowest BCUT2D eigenvalue weighted by Crippen LogP contribution is -2.43. The molecule has 0 saturated carbocycles. The minimum Gasteiger partial charge on any atom is -0.323 e. The molecule has 0 aliphatic carbocycles. The molecule has 0 aromatic rings. The van der Waals surface area contributed by atoms with Gasteiger partial charge in [-0.25, -0.2) is 4.79 Å². The van der Waals surface area contributed by atoms with E-state index in [1.807, 2.05) is 6.92 Å². The molecule has 1 saturated heterocycles. The number of amides is 3. The Morgan fingerprint density at radius 1 is 1.31 bits per heavy atom. The van der Waals surface area contributed by atoms with Gasteiger partial charge in [0.15, 0.2) is 0 Å². The van der Waals surface area contributed by atoms with Crippen LogP contribution in [-0.4, -0.2) is 42.0 Å². The summed E-state index contributed by atoms with van der Waals surface area (Å²) in [7, 11) is 0. The molecule has 3 amide bonds. The van der Waals surface area contributed by atoms with Crippen LogP contribution >= 0.6 is 0 Å². The molecule has 1 unspecified atom stereocenters. The number of hydrogen-bond donors (Lipinski definition) is 2. The van der Waals surface area contributed by atoms with E-state index in [4.69, 9.17) is 0 Å². The lowest BCUT2D eigenvalue weighted by molar-refractivity contribution is -0.130. The van der Waals surface area contributed by atoms with Crippen LogP contribution in [0.2, 0.25) is 0 Å². The molecule has 0 spiro atoms. The van der Waals surface area contributed by atoms with Gasteiger partial charge in [0.05, 0.1) is 0 Å². The average Bonchev–Trinajstić information content (AvgIpc) is 2.48. The molecule has 1 rings (SSSR count). The van der Waals surface area contributed by atoms with Crippen molar-refractivity contribution in [3.05, 3.63) is 0 Å². The van der Waals surface area contributed by atoms with Gasteiger partial charge in [0, 0.05) is 13.1 Å². The normalized spacial score (nSPS) is 25.1. The van der Waals surface area contributed by atoms with Crippen molar-refractivity contribution in [2.45, 2.75) is 39.2 Å². The summed E-state index contributed by atoms with van der Waals surface area (Å²) in [6.07, 6.45) is 1.67. The molecule has 1 aliphatic heterocycles. The molecule has 1 heterocycles. The molecule has 0 bridgehead atoms. The topological polar surface area (TPSA) is 61.4 Å². The maximum absolute atomic E-state index is 11.9. The van der Waals surface area contributed by atoms with Crippen LogP contribution in [0.5, 0.6) is 0 Å². The van der Waals surface area contributed by atoms with Crippen molar-refractivity contribution >= 4 is 11.9 Å². The molecular weight excluding hydrogens is 206 g/mol. The van der Waals surface area contributed by atoms with E-state index in [-0.39, 0.29) is 11.9 Å². The summed E-state index contributed by atoms with van der Waals surface area (Å²) in [5, 5.41) is 5.90. The Bertz CT molecular complexity index is 280. The average molecular weight is 227 g/mol. The van der Waals surface area contributed by atoms with Gasteiger partial charge in [-0.1, -0.05) is 13.8 Å². The number of nitrogens with one attached hydrogen (secondary N) is 2. The van der Waals surface area contributed by atoms with Crippen LogP contribution in [0.1, 0.15) is 33.6 Å². The number of hydrogen-bond acceptors (Lipinski definition) is 3. The molecule has 0 radical (unpaired) electrons. The van der Waals surface area contributed by atoms with Gasteiger partial charge < -0.3 is 10.6 Å². The quantitative estimate of drug-likeness (QED) is 0.519. The minimum atomic E-state index is -0.707. The van der Waals surface area contributed by atoms with E-state index in [0.717, 1.165) is 13.0 Å². The van der Waals surface area contributed by atoms with Crippen molar-refractivity contribution in [2.24, 2.45) is 0 Å². The predicted octanol–water partition coefficient (Wildman–Crippen LogP) is 0.706. The van der Waals surface area contributed by atoms with Gasteiger partial charge in [0.1, 0.15) is 5.54 Å². The Balaban J connectivity index is 2.48. The second kappa shape index (κ2) is 5.30. The predicted molar refractivity (Wildman–Crippen MR) is 62.1 cm³/mol. The van der Waals surface area contributed by atoms with Crippen LogP contribution < -0.4 is 10.6 Å². The van der Waals surface area contributed by atoms with Gasteiger partial charge in [-0.05, 0) is 26.3 Å². The van der Waals surface area contributed by atoms with E-state index in [1.165, 1.54) is 4.90 Å². The molecule has 2 N–H and O–H groups in total. The number of imide groups is 1. The second-order valence-corrected chi connectivity index (χ2v) is 4.32. The lowest BCUT2D eigenvalue weighted by atomic mass is 9.99. The van der Waals surface area contributed by atoms with E-state index in [2.05, 4.69) is 17.6 Å². The highest BCUT2D eigenvalue weighted by Gasteiger charge is 2.45. The molecule has 1 atom stereocenters. The van der Waals surface area contributed by atoms with Gasteiger partial charge in [0.25, 0.3) is 5.91 Å². The van der Waals surface area contributed by atoms with E-state index in [9.17, 15) is 9.59 Å². The molecule has 16 heavy (non-hydrogen) atoms. The van der Waals surface area contributed by atoms with E-state index < -0.39 is 5.54 Å². The fourth-order valence-electron chi connectivity index (χ4n) is 1.68. The van der Waals surface area contributed by atoms with E-state index in [1.54, 1.807) is 6.92 Å². The third-order valence-corrected chi connectivity index (χ3v) is 2.99. The van der Waals surface area contributed by atoms with Crippen molar-refractivity contribution in [1.82, 2.24) is 15.5 Å². The molecule has 5 nitrogen and oxygen atoms in total. The SMILES string of the molecule is CCCNCCN1C(=O)NC(C)(CC)C1=O. The summed E-state index contributed by atoms with van der Waals surface area (Å²) in [5.74, 6) is -0.113. The fraction of sp³-hybridized carbons (Fsp3) is 0.818. The van der Waals surface area contributed by atoms with Crippen LogP contribution in [0, 0.1) is 0 Å². The maximum Gasteiger partial charge on any atom is 0.325 e. The van der Waals surface area contributed by atoms with E-state index >= 15 is 0 Å². The monoisotopic (exact) mass is 227 g/mol. The van der Waals surface area contributed by atoms with Crippen LogP contribution in [0.4, 0.5) is 4.79 Å². The minimum absolute atomic E-state index is 0.113. The largest absolute Gasteiger partial charge is 0.325 e. The van der Waals surface area contributed by atoms with Crippen molar-refractivity contribution in [2.75, 3.05) is 19.6 Å². The van der Waals surface area contributed by atoms with Crippen molar-refractivity contribution in [1.29, 1.82) is 0 Å². The maximum atomic E-state index is 11.9. The second-order valence-electron chi connectivity index (χ2n) is 4.32. The van der Waals surface area contributed by atoms with Gasteiger partial charge in [-0.2, -0.15) is 0 Å². The summed E-state index contributed by atoms with van der Waals surface area (Å²) in [4.78, 5) is 24.8. The zero-order valence-electron chi connectivity index (χ0n) is 10.3. The number of urea groups is 1. The number of carbonyl (C=O) groups is 2. The van der Waals surface area contributed by atoms with E-state index in [0.29, 0.717) is 19.5 Å². The van der Waals surface area contributed by atoms with Crippen molar-refractivity contribution < 1.29 is 9.59 Å². The first kappa shape index (κ1) is 13.0. The van der Waals surface area contributed by atoms with Crippen LogP contribution in [0.3, 0.4) is 0 Å². The van der Waals surface area contributed by atoms with Gasteiger partial charge in [-0.15, -0.1) is 0 Å². The summed E-state index contributed by atoms with van der Waals surface area (Å²) < 4.78 is 0. The number of nitrogens with zero attached hydrogens (tertiary/aromatic N) is 1. The van der Waals surface area contributed by atoms with Crippen LogP contribution in [-0.2, 0) is 4.79 Å². The molecule has 1 fully saturated rings. The zero-order valence-corrected chi connectivity index (χ0v) is 10.3. The summed E-state index contributed by atoms with van der Waals surface area (Å²) in [6, 6.07) is -0.271. The van der Waals surface area contributed by atoms with Gasteiger partial charge >= 0.3 is 6.03 Å². The van der Waals surface area contributed by atoms with Crippen molar-refractivity contribution in [3.8, 4) is 0 Å². The molecule has 5 heteroatoms. The highest BCUT2D eigenvalue weighted by molar-refractivity contribution is 6.06. The Morgan fingerprint density at radius 2 is 2.00 bits per heavy atom. The first-order valence-corrected chi connectivity index (χ1v) is 5.90. The Morgan fingerprint density at radius 3 is 2.50 bits per heavy atom. The molecule has 0 aromatic carbocycles. The molecule has 92 valence electrons. The van der Waals surface area contributed by atoms with Gasteiger partial charge in [-0.3, -0.25) is 9.69 Å². The highest BCUT2D eigenvalue weighted by atomic mass is 16.2. The van der Waals surface area contributed by atoms with Crippen molar-refractivity contribution in [3.63, 3.8) is 0 Å². The summed E-state index contributed by atoms with van der Waals surface area (Å²) >= 11 is 0. The molecular formula is C11H21N3O2. The summed E-state index contributed by atoms with van der Waals surface area (Å²) in [6.45, 7) is 7.76. The summed E-state index contributed by atoms with van der Waals surface area (Å²) in [5.41, 5.74) is -0.707. The first-order chi connectivity index (χ1) is 7.55. The molecule has 1 aliphatic rings. The number of carbonyl (C=O) groups excluding carboxylic acids is 2. The third kappa shape index (κ3) is 2.52. The lowest BCUT2D eigenvalue weighted by Gasteiger charge is -2.19. The Labute approximate surface area is 96.6 Å². The standard InChI is InChI=1S/C11H21N3O2/c1-4-6-12-7-8-14-9(15)11(3,5-2)13-10(14)16/h12H,4-8H2,1-3H3,(H,13,16). The highest BCUT2D eigenvalue weighted by Crippen LogP contribution is 2.19. The molecule has 0 aromatic heterocycles. The third-order valence-electron chi connectivity index (χ3n) is 2.99. The fourth-order valence-corrected chi connectivity index (χ4v) is 1.68. The number of rotatable bonds is 6. The van der Waals surface area contributed by atoms with Crippen LogP contribution in [0.15, 0.2) is 0 Å². The Kier molecular flexibility index (Phi) is 4.29. The Hall–Kier alpha value is -1.10.